The SMILES string of the molecule is CC(C)C(=O)N[C@H](C)C(O)c1ccccc1. The van der Waals surface area contributed by atoms with E-state index in [1.165, 1.54) is 0 Å². The molecule has 1 aromatic rings. The Hall–Kier alpha value is -1.35. The maximum absolute atomic E-state index is 11.5. The van der Waals surface area contributed by atoms with Gasteiger partial charge in [-0.3, -0.25) is 4.79 Å². The maximum Gasteiger partial charge on any atom is 0.222 e. The van der Waals surface area contributed by atoms with Gasteiger partial charge in [0.1, 0.15) is 0 Å². The molecule has 16 heavy (non-hydrogen) atoms. The van der Waals surface area contributed by atoms with Gasteiger partial charge in [0.25, 0.3) is 0 Å². The molecule has 0 aliphatic carbocycles. The van der Waals surface area contributed by atoms with Crippen molar-refractivity contribution in [3.63, 3.8) is 0 Å². The number of carbonyl (C=O) groups excluding carboxylic acids is 1. The standard InChI is InChI=1S/C13H19NO2/c1-9(2)13(16)14-10(3)12(15)11-7-5-4-6-8-11/h4-10,12,15H,1-3H3,(H,14,16)/t10-,12?/m1/s1. The topological polar surface area (TPSA) is 49.3 Å². The number of benzene rings is 1. The molecule has 0 heterocycles. The van der Waals surface area contributed by atoms with Crippen LogP contribution in [-0.4, -0.2) is 17.1 Å². The first kappa shape index (κ1) is 12.7. The molecule has 2 atom stereocenters. The first-order chi connectivity index (χ1) is 7.52. The minimum absolute atomic E-state index is 0.0394. The Balaban J connectivity index is 2.61. The zero-order chi connectivity index (χ0) is 12.1. The number of hydrogen-bond acceptors (Lipinski definition) is 2. The third-order valence-electron chi connectivity index (χ3n) is 2.51. The van der Waals surface area contributed by atoms with E-state index in [0.717, 1.165) is 5.56 Å². The van der Waals surface area contributed by atoms with Gasteiger partial charge in [-0.25, -0.2) is 0 Å². The summed E-state index contributed by atoms with van der Waals surface area (Å²) in [5.41, 5.74) is 0.819. The van der Waals surface area contributed by atoms with Crippen LogP contribution in [0, 0.1) is 5.92 Å². The maximum atomic E-state index is 11.5. The van der Waals surface area contributed by atoms with Crippen molar-refractivity contribution >= 4 is 5.91 Å². The van der Waals surface area contributed by atoms with Crippen LogP contribution in [0.2, 0.25) is 0 Å². The number of aliphatic hydroxyl groups excluding tert-OH is 1. The third-order valence-corrected chi connectivity index (χ3v) is 2.51. The zero-order valence-electron chi connectivity index (χ0n) is 9.97. The van der Waals surface area contributed by atoms with E-state index in [1.807, 2.05) is 44.2 Å². The molecule has 3 nitrogen and oxygen atoms in total. The number of rotatable bonds is 4. The number of nitrogens with one attached hydrogen (secondary N) is 1. The molecule has 0 saturated carbocycles. The van der Waals surface area contributed by atoms with Crippen molar-refractivity contribution in [2.75, 3.05) is 0 Å². The molecule has 2 N–H and O–H groups in total. The summed E-state index contributed by atoms with van der Waals surface area (Å²) in [7, 11) is 0. The Labute approximate surface area is 96.5 Å². The highest BCUT2D eigenvalue weighted by molar-refractivity contribution is 5.78. The quantitative estimate of drug-likeness (QED) is 0.815. The van der Waals surface area contributed by atoms with Gasteiger partial charge in [-0.1, -0.05) is 44.2 Å². The van der Waals surface area contributed by atoms with Crippen LogP contribution in [-0.2, 0) is 4.79 Å². The van der Waals surface area contributed by atoms with Crippen molar-refractivity contribution in [3.8, 4) is 0 Å². The third kappa shape index (κ3) is 3.35. The molecule has 0 aromatic heterocycles. The minimum Gasteiger partial charge on any atom is -0.386 e. The van der Waals surface area contributed by atoms with Gasteiger partial charge in [0.15, 0.2) is 0 Å². The summed E-state index contributed by atoms with van der Waals surface area (Å²) < 4.78 is 0. The van der Waals surface area contributed by atoms with E-state index in [1.54, 1.807) is 6.92 Å². The highest BCUT2D eigenvalue weighted by atomic mass is 16.3. The lowest BCUT2D eigenvalue weighted by Gasteiger charge is -2.21. The Bertz CT molecular complexity index is 335. The van der Waals surface area contributed by atoms with Crippen LogP contribution in [0.1, 0.15) is 32.4 Å². The molecule has 0 spiro atoms. The second-order valence-corrected chi connectivity index (χ2v) is 4.31. The summed E-state index contributed by atoms with van der Waals surface area (Å²) in [6, 6.07) is 9.06. The van der Waals surface area contributed by atoms with Gasteiger partial charge in [0.2, 0.25) is 5.91 Å². The molecular formula is C13H19NO2. The van der Waals surface area contributed by atoms with E-state index in [2.05, 4.69) is 5.32 Å². The van der Waals surface area contributed by atoms with E-state index >= 15 is 0 Å². The average molecular weight is 221 g/mol. The molecule has 1 aromatic carbocycles. The molecule has 0 fully saturated rings. The molecule has 0 radical (unpaired) electrons. The predicted molar refractivity (Wildman–Crippen MR) is 63.8 cm³/mol. The largest absolute Gasteiger partial charge is 0.386 e. The van der Waals surface area contributed by atoms with Crippen molar-refractivity contribution in [2.45, 2.75) is 32.9 Å². The van der Waals surface area contributed by atoms with E-state index in [-0.39, 0.29) is 17.9 Å². The molecule has 3 heteroatoms. The number of amides is 1. The van der Waals surface area contributed by atoms with Gasteiger partial charge in [0, 0.05) is 5.92 Å². The molecule has 1 rings (SSSR count). The van der Waals surface area contributed by atoms with Crippen LogP contribution in [0.15, 0.2) is 30.3 Å². The van der Waals surface area contributed by atoms with E-state index in [0.29, 0.717) is 0 Å². The second kappa shape index (κ2) is 5.66. The first-order valence-electron chi connectivity index (χ1n) is 5.55. The summed E-state index contributed by atoms with van der Waals surface area (Å²) in [5.74, 6) is -0.104. The Morgan fingerprint density at radius 3 is 2.25 bits per heavy atom. The Morgan fingerprint density at radius 1 is 1.19 bits per heavy atom. The second-order valence-electron chi connectivity index (χ2n) is 4.31. The Morgan fingerprint density at radius 2 is 1.75 bits per heavy atom. The van der Waals surface area contributed by atoms with Crippen LogP contribution in [0.25, 0.3) is 0 Å². The van der Waals surface area contributed by atoms with Crippen LogP contribution < -0.4 is 5.32 Å². The summed E-state index contributed by atoms with van der Waals surface area (Å²) in [6.07, 6.45) is -0.663. The average Bonchev–Trinajstić information content (AvgIpc) is 2.28. The highest BCUT2D eigenvalue weighted by Crippen LogP contribution is 2.16. The normalized spacial score (nSPS) is 14.6. The van der Waals surface area contributed by atoms with Crippen molar-refractivity contribution in [2.24, 2.45) is 5.92 Å². The van der Waals surface area contributed by atoms with E-state index < -0.39 is 6.10 Å². The molecule has 1 amide bonds. The van der Waals surface area contributed by atoms with Gasteiger partial charge >= 0.3 is 0 Å². The van der Waals surface area contributed by atoms with Gasteiger partial charge in [-0.2, -0.15) is 0 Å². The lowest BCUT2D eigenvalue weighted by atomic mass is 10.0. The first-order valence-corrected chi connectivity index (χ1v) is 5.55. The van der Waals surface area contributed by atoms with Gasteiger partial charge in [0.05, 0.1) is 12.1 Å². The predicted octanol–water partition coefficient (Wildman–Crippen LogP) is 1.88. The van der Waals surface area contributed by atoms with E-state index in [4.69, 9.17) is 0 Å². The van der Waals surface area contributed by atoms with E-state index in [9.17, 15) is 9.90 Å². The monoisotopic (exact) mass is 221 g/mol. The fraction of sp³-hybridized carbons (Fsp3) is 0.462. The zero-order valence-corrected chi connectivity index (χ0v) is 9.97. The number of carbonyl (C=O) groups is 1. The van der Waals surface area contributed by atoms with Gasteiger partial charge in [-0.05, 0) is 12.5 Å². The molecule has 0 aliphatic heterocycles. The van der Waals surface area contributed by atoms with Crippen molar-refractivity contribution < 1.29 is 9.90 Å². The fourth-order valence-corrected chi connectivity index (χ4v) is 1.41. The fourth-order valence-electron chi connectivity index (χ4n) is 1.41. The molecule has 0 saturated heterocycles. The number of aliphatic hydroxyl groups is 1. The molecule has 1 unspecified atom stereocenters. The van der Waals surface area contributed by atoms with Crippen LogP contribution in [0.5, 0.6) is 0 Å². The lowest BCUT2D eigenvalue weighted by molar-refractivity contribution is -0.125. The molecule has 0 aliphatic rings. The van der Waals surface area contributed by atoms with Crippen molar-refractivity contribution in [1.29, 1.82) is 0 Å². The summed E-state index contributed by atoms with van der Waals surface area (Å²) in [4.78, 5) is 11.5. The highest BCUT2D eigenvalue weighted by Gasteiger charge is 2.19. The van der Waals surface area contributed by atoms with Gasteiger partial charge in [-0.15, -0.1) is 0 Å². The molecular weight excluding hydrogens is 202 g/mol. The van der Waals surface area contributed by atoms with Gasteiger partial charge < -0.3 is 10.4 Å². The summed E-state index contributed by atoms with van der Waals surface area (Å²) >= 11 is 0. The van der Waals surface area contributed by atoms with Crippen LogP contribution >= 0.6 is 0 Å². The molecule has 0 bridgehead atoms. The van der Waals surface area contributed by atoms with Crippen molar-refractivity contribution in [3.05, 3.63) is 35.9 Å². The molecule has 88 valence electrons. The number of hydrogen-bond donors (Lipinski definition) is 2. The summed E-state index contributed by atoms with van der Waals surface area (Å²) in [5, 5.41) is 12.8. The van der Waals surface area contributed by atoms with Crippen LogP contribution in [0.4, 0.5) is 0 Å². The minimum atomic E-state index is -0.663. The Kier molecular flexibility index (Phi) is 4.50. The summed E-state index contributed by atoms with van der Waals surface area (Å²) in [6.45, 7) is 5.46. The smallest absolute Gasteiger partial charge is 0.222 e. The lowest BCUT2D eigenvalue weighted by Crippen LogP contribution is -2.39. The van der Waals surface area contributed by atoms with Crippen molar-refractivity contribution in [1.82, 2.24) is 5.32 Å². The van der Waals surface area contributed by atoms with Crippen LogP contribution in [0.3, 0.4) is 0 Å².